The van der Waals surface area contributed by atoms with Crippen LogP contribution in [0.4, 0.5) is 0 Å². The Morgan fingerprint density at radius 1 is 0.567 bits per heavy atom. The van der Waals surface area contributed by atoms with Gasteiger partial charge < -0.3 is 28.8 Å². The Hall–Kier alpha value is -1.02. The second-order valence-electron chi connectivity index (χ2n) is 18.9. The topological polar surface area (TPSA) is 108 Å². The van der Waals surface area contributed by atoms with Gasteiger partial charge in [0.05, 0.1) is 39.9 Å². The van der Waals surface area contributed by atoms with Crippen LogP contribution in [0.3, 0.4) is 0 Å². The van der Waals surface area contributed by atoms with Gasteiger partial charge in [-0.05, 0) is 44.9 Å². The number of phosphoric acid groups is 1. The van der Waals surface area contributed by atoms with E-state index in [9.17, 15) is 19.4 Å². The van der Waals surface area contributed by atoms with Crippen molar-refractivity contribution in [2.45, 2.75) is 257 Å². The molecule has 1 amide bonds. The van der Waals surface area contributed by atoms with Gasteiger partial charge in [0.25, 0.3) is 7.82 Å². The number of nitrogens with one attached hydrogen (secondary N) is 1. The third kappa shape index (κ3) is 45.0. The highest BCUT2D eigenvalue weighted by Crippen LogP contribution is 2.38. The number of aliphatic hydroxyl groups excluding tert-OH is 1. The molecule has 3 atom stereocenters. The molecular weight excluding hydrogens is 768 g/mol. The van der Waals surface area contributed by atoms with E-state index in [0.29, 0.717) is 17.4 Å². The number of aliphatic hydroxyl groups is 1. The van der Waals surface area contributed by atoms with Crippen molar-refractivity contribution in [3.05, 3.63) is 24.3 Å². The highest BCUT2D eigenvalue weighted by molar-refractivity contribution is 7.45. The molecule has 9 heteroatoms. The summed E-state index contributed by atoms with van der Waals surface area (Å²) in [6.45, 7) is 4.63. The summed E-state index contributed by atoms with van der Waals surface area (Å²) in [4.78, 5) is 25.3. The van der Waals surface area contributed by atoms with E-state index < -0.39 is 20.0 Å². The average molecular weight is 869 g/mol. The van der Waals surface area contributed by atoms with Gasteiger partial charge in [-0.3, -0.25) is 9.36 Å². The SMILES string of the molecule is CCCCC/C=C\CCCCCCCC(=O)NC(COP(=O)([O-])OCC[N+](C)(C)C)C(O)/C=C/CCCCCCCCCCCCCCCCCCCCCCCCCC. The molecule has 0 aliphatic rings. The molecule has 0 radical (unpaired) electrons. The third-order valence-corrected chi connectivity index (χ3v) is 12.6. The Morgan fingerprint density at radius 2 is 0.917 bits per heavy atom. The molecule has 8 nitrogen and oxygen atoms in total. The Labute approximate surface area is 373 Å². The molecule has 0 spiro atoms. The molecule has 0 aromatic heterocycles. The Bertz CT molecular complexity index is 1030. The molecule has 0 aromatic rings. The molecule has 0 aliphatic carbocycles. The molecule has 2 N–H and O–H groups in total. The Morgan fingerprint density at radius 3 is 1.33 bits per heavy atom. The predicted octanol–water partition coefficient (Wildman–Crippen LogP) is 14.2. The molecule has 60 heavy (non-hydrogen) atoms. The van der Waals surface area contributed by atoms with Gasteiger partial charge in [0.2, 0.25) is 5.91 Å². The third-order valence-electron chi connectivity index (χ3n) is 11.7. The Balaban J connectivity index is 4.18. The molecule has 0 aliphatic heterocycles. The fraction of sp³-hybridized carbons (Fsp3) is 0.902. The van der Waals surface area contributed by atoms with E-state index >= 15 is 0 Å². The van der Waals surface area contributed by atoms with E-state index in [1.54, 1.807) is 6.08 Å². The zero-order valence-electron chi connectivity index (χ0n) is 40.4. The van der Waals surface area contributed by atoms with E-state index in [1.165, 1.54) is 173 Å². The number of hydrogen-bond acceptors (Lipinski definition) is 6. The largest absolute Gasteiger partial charge is 0.756 e. The molecular formula is C51H101N2O6P. The summed E-state index contributed by atoms with van der Waals surface area (Å²) in [6, 6.07) is -0.888. The van der Waals surface area contributed by atoms with Gasteiger partial charge in [-0.1, -0.05) is 218 Å². The summed E-state index contributed by atoms with van der Waals surface area (Å²) in [7, 11) is 1.26. The number of carbonyl (C=O) groups excluding carboxylic acids is 1. The predicted molar refractivity (Wildman–Crippen MR) is 256 cm³/mol. The van der Waals surface area contributed by atoms with Crippen LogP contribution in [-0.4, -0.2) is 68.5 Å². The highest BCUT2D eigenvalue weighted by atomic mass is 31.2. The number of amides is 1. The lowest BCUT2D eigenvalue weighted by molar-refractivity contribution is -0.870. The molecule has 0 heterocycles. The molecule has 0 rings (SSSR count). The van der Waals surface area contributed by atoms with Crippen LogP contribution in [0.1, 0.15) is 245 Å². The van der Waals surface area contributed by atoms with Crippen LogP contribution in [0.15, 0.2) is 24.3 Å². The number of quaternary nitrogens is 1. The maximum atomic E-state index is 12.8. The lowest BCUT2D eigenvalue weighted by atomic mass is 10.0. The van der Waals surface area contributed by atoms with E-state index in [4.69, 9.17) is 9.05 Å². The zero-order valence-corrected chi connectivity index (χ0v) is 41.3. The molecule has 356 valence electrons. The first-order valence-corrected chi connectivity index (χ1v) is 27.2. The number of hydrogen-bond donors (Lipinski definition) is 2. The monoisotopic (exact) mass is 869 g/mol. The number of likely N-dealkylation sites (N-methyl/N-ethyl adjacent to an activating group) is 1. The maximum absolute atomic E-state index is 12.8. The summed E-state index contributed by atoms with van der Waals surface area (Å²) in [5.41, 5.74) is 0. The summed E-state index contributed by atoms with van der Waals surface area (Å²) in [5, 5.41) is 13.8. The van der Waals surface area contributed by atoms with E-state index in [0.717, 1.165) is 51.4 Å². The van der Waals surface area contributed by atoms with Crippen molar-refractivity contribution in [3.8, 4) is 0 Å². The van der Waals surface area contributed by atoms with Crippen molar-refractivity contribution >= 4 is 13.7 Å². The van der Waals surface area contributed by atoms with Crippen molar-refractivity contribution in [3.63, 3.8) is 0 Å². The normalized spacial score (nSPS) is 14.3. The van der Waals surface area contributed by atoms with E-state index in [2.05, 4.69) is 31.3 Å². The number of nitrogens with zero attached hydrogens (tertiary/aromatic N) is 1. The summed E-state index contributed by atoms with van der Waals surface area (Å²) in [6.07, 6.45) is 52.5. The van der Waals surface area contributed by atoms with Crippen LogP contribution in [-0.2, 0) is 18.4 Å². The average Bonchev–Trinajstić information content (AvgIpc) is 3.20. The van der Waals surface area contributed by atoms with E-state index in [-0.39, 0.29) is 19.1 Å². The van der Waals surface area contributed by atoms with Crippen molar-refractivity contribution in [2.75, 3.05) is 40.9 Å². The molecule has 3 unspecified atom stereocenters. The van der Waals surface area contributed by atoms with Crippen LogP contribution < -0.4 is 10.2 Å². The van der Waals surface area contributed by atoms with Crippen molar-refractivity contribution in [1.29, 1.82) is 0 Å². The number of unbranched alkanes of at least 4 members (excludes halogenated alkanes) is 32. The fourth-order valence-electron chi connectivity index (χ4n) is 7.56. The van der Waals surface area contributed by atoms with Gasteiger partial charge in [-0.25, -0.2) is 0 Å². The Kier molecular flexibility index (Phi) is 42.5. The van der Waals surface area contributed by atoms with Gasteiger partial charge in [-0.15, -0.1) is 0 Å². The fourth-order valence-corrected chi connectivity index (χ4v) is 8.28. The first-order chi connectivity index (χ1) is 29.0. The smallest absolute Gasteiger partial charge is 0.268 e. The number of carbonyl (C=O) groups is 1. The number of rotatable bonds is 47. The summed E-state index contributed by atoms with van der Waals surface area (Å²) >= 11 is 0. The minimum Gasteiger partial charge on any atom is -0.756 e. The van der Waals surface area contributed by atoms with E-state index in [1.807, 2.05) is 27.2 Å². The number of allylic oxidation sites excluding steroid dienone is 3. The van der Waals surface area contributed by atoms with Crippen LogP contribution in [0.25, 0.3) is 0 Å². The first-order valence-electron chi connectivity index (χ1n) is 25.7. The minimum atomic E-state index is -4.59. The quantitative estimate of drug-likeness (QED) is 0.0273. The van der Waals surface area contributed by atoms with Gasteiger partial charge in [-0.2, -0.15) is 0 Å². The second-order valence-corrected chi connectivity index (χ2v) is 20.3. The van der Waals surface area contributed by atoms with Crippen LogP contribution >= 0.6 is 7.82 Å². The van der Waals surface area contributed by atoms with Crippen molar-refractivity contribution in [1.82, 2.24) is 5.32 Å². The molecule has 0 aromatic carbocycles. The molecule has 0 fully saturated rings. The lowest BCUT2D eigenvalue weighted by Gasteiger charge is -2.29. The number of phosphoric ester groups is 1. The second kappa shape index (κ2) is 43.2. The van der Waals surface area contributed by atoms with Crippen LogP contribution in [0, 0.1) is 0 Å². The molecule has 0 saturated carbocycles. The van der Waals surface area contributed by atoms with Gasteiger partial charge in [0.15, 0.2) is 0 Å². The first kappa shape index (κ1) is 59.0. The van der Waals surface area contributed by atoms with Crippen LogP contribution in [0.2, 0.25) is 0 Å². The standard InChI is InChI=1S/C51H101N2O6P/c1-6-8-10-12-14-16-18-20-21-22-23-24-25-26-27-28-29-30-31-32-33-34-36-38-40-42-44-50(54)49(48-59-60(56,57)58-47-46-53(3,4)5)52-51(55)45-43-41-39-37-35-19-17-15-13-11-9-7-2/h15,17,42,44,49-50,54H,6-14,16,18-41,43,45-48H2,1-5H3,(H-,52,55,56,57)/b17-15-,44-42+. The highest BCUT2D eigenvalue weighted by Gasteiger charge is 2.23. The van der Waals surface area contributed by atoms with Gasteiger partial charge in [0, 0.05) is 6.42 Å². The molecule has 0 bridgehead atoms. The minimum absolute atomic E-state index is 0.00139. The molecule has 0 saturated heterocycles. The van der Waals surface area contributed by atoms with Gasteiger partial charge in [0.1, 0.15) is 13.2 Å². The lowest BCUT2D eigenvalue weighted by Crippen LogP contribution is -2.45. The maximum Gasteiger partial charge on any atom is 0.268 e. The summed E-state index contributed by atoms with van der Waals surface area (Å²) in [5.74, 6) is -0.206. The summed E-state index contributed by atoms with van der Waals surface area (Å²) < 4.78 is 23.2. The van der Waals surface area contributed by atoms with Crippen molar-refractivity contribution < 1.29 is 32.9 Å². The van der Waals surface area contributed by atoms with Crippen molar-refractivity contribution in [2.24, 2.45) is 0 Å². The van der Waals surface area contributed by atoms with Gasteiger partial charge >= 0.3 is 0 Å². The zero-order chi connectivity index (χ0) is 44.3. The van der Waals surface area contributed by atoms with Crippen LogP contribution in [0.5, 0.6) is 0 Å².